The maximum Gasteiger partial charge on any atom is 0.573 e. The number of nitrogens with zero attached hydrogens (tertiary/aromatic N) is 2. The number of alkyl halides is 3. The molecule has 3 aromatic rings. The zero-order valence-electron chi connectivity index (χ0n) is 17.4. The standard InChI is InChI=1S/C19H14F3N3O4.C3H8/c20-19(21,22)29-10-5-4-9-6-15(17(23)26)25(14(9)7-10)16-3-1-2-13(24-16)11-8-12(11)18(27)28;1-3-2/h1-7,11-12H,8H2,(H2,23,26)(H,27,28);3H2,1-2H3. The lowest BCUT2D eigenvalue weighted by Gasteiger charge is -2.12. The first-order valence-electron chi connectivity index (χ1n) is 9.96. The van der Waals surface area contributed by atoms with Crippen LogP contribution in [-0.2, 0) is 4.79 Å². The summed E-state index contributed by atoms with van der Waals surface area (Å²) in [5.41, 5.74) is 6.25. The van der Waals surface area contributed by atoms with Crippen LogP contribution in [0.25, 0.3) is 16.7 Å². The summed E-state index contributed by atoms with van der Waals surface area (Å²) in [5, 5.41) is 9.59. The first-order chi connectivity index (χ1) is 15.1. The van der Waals surface area contributed by atoms with Crippen molar-refractivity contribution in [1.29, 1.82) is 0 Å². The molecule has 2 aromatic heterocycles. The molecule has 4 rings (SSSR count). The molecule has 32 heavy (non-hydrogen) atoms. The van der Waals surface area contributed by atoms with E-state index in [-0.39, 0.29) is 22.9 Å². The summed E-state index contributed by atoms with van der Waals surface area (Å²) in [5.74, 6) is -2.70. The summed E-state index contributed by atoms with van der Waals surface area (Å²) in [6, 6.07) is 9.97. The van der Waals surface area contributed by atoms with Gasteiger partial charge in [0.1, 0.15) is 17.3 Å². The fourth-order valence-electron chi connectivity index (χ4n) is 3.37. The van der Waals surface area contributed by atoms with Gasteiger partial charge in [0.15, 0.2) is 0 Å². The highest BCUT2D eigenvalue weighted by Crippen LogP contribution is 2.47. The topological polar surface area (TPSA) is 107 Å². The van der Waals surface area contributed by atoms with Gasteiger partial charge in [-0.25, -0.2) is 4.98 Å². The van der Waals surface area contributed by atoms with Crippen LogP contribution in [0.15, 0.2) is 42.5 Å². The van der Waals surface area contributed by atoms with Crippen molar-refractivity contribution in [2.24, 2.45) is 11.7 Å². The smallest absolute Gasteiger partial charge is 0.481 e. The number of carbonyl (C=O) groups excluding carboxylic acids is 1. The average Bonchev–Trinajstić information content (AvgIpc) is 3.42. The lowest BCUT2D eigenvalue weighted by molar-refractivity contribution is -0.274. The zero-order chi connectivity index (χ0) is 23.6. The van der Waals surface area contributed by atoms with Crippen LogP contribution in [0.3, 0.4) is 0 Å². The summed E-state index contributed by atoms with van der Waals surface area (Å²) in [6.45, 7) is 4.25. The Morgan fingerprint density at radius 2 is 1.91 bits per heavy atom. The molecule has 1 saturated carbocycles. The number of amides is 1. The van der Waals surface area contributed by atoms with Gasteiger partial charge in [0.05, 0.1) is 11.4 Å². The molecule has 170 valence electrons. The quantitative estimate of drug-likeness (QED) is 0.591. The second-order valence-corrected chi connectivity index (χ2v) is 7.41. The Kier molecular flexibility index (Phi) is 6.42. The minimum absolute atomic E-state index is 0.0272. The molecule has 0 aliphatic heterocycles. The van der Waals surface area contributed by atoms with Gasteiger partial charge in [-0.1, -0.05) is 26.3 Å². The van der Waals surface area contributed by atoms with E-state index in [9.17, 15) is 22.8 Å². The van der Waals surface area contributed by atoms with Gasteiger partial charge >= 0.3 is 12.3 Å². The van der Waals surface area contributed by atoms with Gasteiger partial charge in [0, 0.05) is 23.1 Å². The molecular weight excluding hydrogens is 427 g/mol. The Hall–Kier alpha value is -3.56. The minimum Gasteiger partial charge on any atom is -0.481 e. The fourth-order valence-corrected chi connectivity index (χ4v) is 3.37. The first kappa shape index (κ1) is 23.1. The van der Waals surface area contributed by atoms with E-state index in [1.54, 1.807) is 18.2 Å². The van der Waals surface area contributed by atoms with E-state index >= 15 is 0 Å². The van der Waals surface area contributed by atoms with Crippen LogP contribution in [0.1, 0.15) is 48.8 Å². The molecule has 1 fully saturated rings. The number of rotatable bonds is 5. The molecule has 1 aliphatic rings. The van der Waals surface area contributed by atoms with Crippen molar-refractivity contribution in [2.45, 2.75) is 39.0 Å². The molecule has 2 heterocycles. The molecule has 1 amide bonds. The van der Waals surface area contributed by atoms with Crippen LogP contribution in [0.5, 0.6) is 5.75 Å². The third kappa shape index (κ3) is 5.01. The summed E-state index contributed by atoms with van der Waals surface area (Å²) in [6.07, 6.45) is -3.17. The number of hydrogen-bond acceptors (Lipinski definition) is 4. The predicted octanol–water partition coefficient (Wildman–Crippen LogP) is 4.63. The Bertz CT molecular complexity index is 1160. The van der Waals surface area contributed by atoms with Crippen LogP contribution < -0.4 is 10.5 Å². The molecule has 0 radical (unpaired) electrons. The van der Waals surface area contributed by atoms with Crippen molar-refractivity contribution < 1.29 is 32.6 Å². The molecule has 2 unspecified atom stereocenters. The molecular formula is C22H22F3N3O4. The molecule has 7 nitrogen and oxygen atoms in total. The maximum absolute atomic E-state index is 12.6. The number of fused-ring (bicyclic) bond motifs is 1. The molecule has 0 saturated heterocycles. The number of hydrogen-bond donors (Lipinski definition) is 2. The number of benzene rings is 1. The van der Waals surface area contributed by atoms with E-state index in [2.05, 4.69) is 23.6 Å². The number of carbonyl (C=O) groups is 2. The van der Waals surface area contributed by atoms with Gasteiger partial charge in [-0.2, -0.15) is 0 Å². The lowest BCUT2D eigenvalue weighted by atomic mass is 10.2. The number of pyridine rings is 1. The maximum atomic E-state index is 12.6. The summed E-state index contributed by atoms with van der Waals surface area (Å²) in [7, 11) is 0. The third-order valence-electron chi connectivity index (χ3n) is 4.73. The van der Waals surface area contributed by atoms with Crippen molar-refractivity contribution in [2.75, 3.05) is 0 Å². The number of halogens is 3. The van der Waals surface area contributed by atoms with E-state index in [0.29, 0.717) is 17.5 Å². The highest BCUT2D eigenvalue weighted by Gasteiger charge is 2.45. The van der Waals surface area contributed by atoms with Crippen LogP contribution in [0.2, 0.25) is 0 Å². The number of primary amides is 1. The van der Waals surface area contributed by atoms with Crippen molar-refractivity contribution in [3.8, 4) is 11.6 Å². The fraction of sp³-hybridized carbons (Fsp3) is 0.318. The van der Waals surface area contributed by atoms with Crippen molar-refractivity contribution >= 4 is 22.8 Å². The third-order valence-corrected chi connectivity index (χ3v) is 4.73. The molecule has 1 aromatic carbocycles. The van der Waals surface area contributed by atoms with Crippen molar-refractivity contribution in [3.63, 3.8) is 0 Å². The zero-order valence-corrected chi connectivity index (χ0v) is 17.4. The van der Waals surface area contributed by atoms with E-state index in [1.807, 2.05) is 0 Å². The lowest BCUT2D eigenvalue weighted by Crippen LogP contribution is -2.17. The van der Waals surface area contributed by atoms with Crippen LogP contribution >= 0.6 is 0 Å². The predicted molar refractivity (Wildman–Crippen MR) is 111 cm³/mol. The van der Waals surface area contributed by atoms with E-state index in [0.717, 1.165) is 12.1 Å². The highest BCUT2D eigenvalue weighted by molar-refractivity contribution is 5.99. The normalized spacial score (nSPS) is 17.4. The monoisotopic (exact) mass is 449 g/mol. The number of carboxylic acids is 1. The molecule has 2 atom stereocenters. The van der Waals surface area contributed by atoms with E-state index < -0.39 is 29.9 Å². The van der Waals surface area contributed by atoms with Crippen molar-refractivity contribution in [3.05, 3.63) is 53.9 Å². The number of aliphatic carboxylic acids is 1. The Morgan fingerprint density at radius 1 is 1.22 bits per heavy atom. The SMILES string of the molecule is CCC.NC(=O)c1cc2ccc(OC(F)(F)F)cc2n1-c1cccc(C2CC2C(=O)O)n1. The Balaban J connectivity index is 0.000000913. The minimum atomic E-state index is -4.87. The largest absolute Gasteiger partial charge is 0.573 e. The first-order valence-corrected chi connectivity index (χ1v) is 9.96. The summed E-state index contributed by atoms with van der Waals surface area (Å²) < 4.78 is 43.1. The van der Waals surface area contributed by atoms with Crippen LogP contribution in [0, 0.1) is 5.92 Å². The number of carboxylic acid groups (broad SMARTS) is 1. The Morgan fingerprint density at radius 3 is 2.47 bits per heavy atom. The van der Waals surface area contributed by atoms with Crippen molar-refractivity contribution in [1.82, 2.24) is 9.55 Å². The van der Waals surface area contributed by atoms with Gasteiger partial charge < -0.3 is 15.6 Å². The van der Waals surface area contributed by atoms with Gasteiger partial charge in [-0.15, -0.1) is 13.2 Å². The van der Waals surface area contributed by atoms with Gasteiger partial charge in [0.2, 0.25) is 0 Å². The van der Waals surface area contributed by atoms with Crippen LogP contribution in [0.4, 0.5) is 13.2 Å². The van der Waals surface area contributed by atoms with Gasteiger partial charge in [-0.3, -0.25) is 14.2 Å². The molecule has 10 heteroatoms. The van der Waals surface area contributed by atoms with E-state index in [4.69, 9.17) is 10.8 Å². The van der Waals surface area contributed by atoms with Gasteiger partial charge in [-0.05, 0) is 36.8 Å². The molecule has 3 N–H and O–H groups in total. The summed E-state index contributed by atoms with van der Waals surface area (Å²) in [4.78, 5) is 27.5. The highest BCUT2D eigenvalue weighted by atomic mass is 19.4. The molecule has 0 bridgehead atoms. The van der Waals surface area contributed by atoms with Gasteiger partial charge in [0.25, 0.3) is 5.91 Å². The average molecular weight is 449 g/mol. The number of nitrogens with two attached hydrogens (primary N) is 1. The van der Waals surface area contributed by atoms with E-state index in [1.165, 1.54) is 23.1 Å². The molecule has 0 spiro atoms. The number of aromatic nitrogens is 2. The van der Waals surface area contributed by atoms with Crippen LogP contribution in [-0.4, -0.2) is 32.9 Å². The number of ether oxygens (including phenoxy) is 1. The summed E-state index contributed by atoms with van der Waals surface area (Å²) >= 11 is 0. The second kappa shape index (κ2) is 8.89. The second-order valence-electron chi connectivity index (χ2n) is 7.41. The Labute approximate surface area is 181 Å². The molecule has 1 aliphatic carbocycles.